The van der Waals surface area contributed by atoms with Crippen LogP contribution in [-0.4, -0.2) is 37.8 Å². The molecule has 1 aliphatic carbocycles. The Labute approximate surface area is 205 Å². The number of halogens is 1. The number of hydrogen-bond acceptors (Lipinski definition) is 8. The number of aromatic nitrogens is 4. The van der Waals surface area contributed by atoms with Crippen LogP contribution in [0.4, 0.5) is 11.6 Å². The second kappa shape index (κ2) is 8.04. The lowest BCUT2D eigenvalue weighted by Crippen LogP contribution is -2.44. The average Bonchev–Trinajstić information content (AvgIpc) is 3.43. The van der Waals surface area contributed by atoms with Gasteiger partial charge in [-0.2, -0.15) is 9.61 Å². The topological polar surface area (TPSA) is 119 Å². The molecule has 1 aliphatic heterocycles. The lowest BCUT2D eigenvalue weighted by atomic mass is 9.73. The maximum atomic E-state index is 11.0. The summed E-state index contributed by atoms with van der Waals surface area (Å²) in [7, 11) is 0. The van der Waals surface area contributed by atoms with Crippen molar-refractivity contribution in [1.29, 1.82) is 0 Å². The van der Waals surface area contributed by atoms with E-state index < -0.39 is 0 Å². The first kappa shape index (κ1) is 21.5. The van der Waals surface area contributed by atoms with Gasteiger partial charge in [0.2, 0.25) is 0 Å². The zero-order chi connectivity index (χ0) is 23.4. The Morgan fingerprint density at radius 1 is 1.15 bits per heavy atom. The van der Waals surface area contributed by atoms with Crippen molar-refractivity contribution in [1.82, 2.24) is 19.6 Å². The summed E-state index contributed by atoms with van der Waals surface area (Å²) in [5, 5.41) is 15.8. The van der Waals surface area contributed by atoms with Crippen molar-refractivity contribution in [3.05, 3.63) is 65.1 Å². The van der Waals surface area contributed by atoms with Crippen molar-refractivity contribution >= 4 is 40.6 Å². The number of anilines is 2. The molecule has 10 heteroatoms. The third-order valence-corrected chi connectivity index (χ3v) is 8.90. The highest BCUT2D eigenvalue weighted by molar-refractivity contribution is 7.99. The van der Waals surface area contributed by atoms with Gasteiger partial charge in [0.1, 0.15) is 23.7 Å². The average molecular weight is 494 g/mol. The van der Waals surface area contributed by atoms with E-state index in [2.05, 4.69) is 44.2 Å². The number of hydrogen-bond donors (Lipinski definition) is 3. The number of benzene rings is 1. The Morgan fingerprint density at radius 2 is 1.94 bits per heavy atom. The molecule has 0 radical (unpaired) electrons. The number of nitrogens with zero attached hydrogens (tertiary/aromatic N) is 5. The molecule has 0 saturated carbocycles. The van der Waals surface area contributed by atoms with Crippen molar-refractivity contribution in [2.45, 2.75) is 35.1 Å². The van der Waals surface area contributed by atoms with Gasteiger partial charge in [-0.05, 0) is 41.9 Å². The monoisotopic (exact) mass is 493 g/mol. The van der Waals surface area contributed by atoms with Gasteiger partial charge < -0.3 is 21.5 Å². The zero-order valence-corrected chi connectivity index (χ0v) is 19.9. The first-order valence-electron chi connectivity index (χ1n) is 11.2. The van der Waals surface area contributed by atoms with Crippen LogP contribution in [0, 0.1) is 5.41 Å². The molecule has 8 nitrogen and oxygen atoms in total. The Hall–Kier alpha value is -3.01. The fourth-order valence-corrected chi connectivity index (χ4v) is 6.53. The minimum atomic E-state index is 0.0574. The van der Waals surface area contributed by atoms with Crippen LogP contribution in [0.25, 0.3) is 5.65 Å². The molecule has 1 fully saturated rings. The van der Waals surface area contributed by atoms with E-state index >= 15 is 0 Å². The molecular weight excluding hydrogens is 470 g/mol. The van der Waals surface area contributed by atoms with Crippen molar-refractivity contribution in [3.63, 3.8) is 0 Å². The van der Waals surface area contributed by atoms with Crippen molar-refractivity contribution in [2.75, 3.05) is 23.7 Å². The molecule has 0 amide bonds. The van der Waals surface area contributed by atoms with E-state index in [1.807, 2.05) is 0 Å². The summed E-state index contributed by atoms with van der Waals surface area (Å²) in [6.07, 6.45) is 6.06. The summed E-state index contributed by atoms with van der Waals surface area (Å²) in [5.41, 5.74) is 15.9. The summed E-state index contributed by atoms with van der Waals surface area (Å²) in [6, 6.07) is 12.1. The Morgan fingerprint density at radius 3 is 2.74 bits per heavy atom. The van der Waals surface area contributed by atoms with Gasteiger partial charge in [0.25, 0.3) is 0 Å². The summed E-state index contributed by atoms with van der Waals surface area (Å²) >= 11 is 7.62. The lowest BCUT2D eigenvalue weighted by Gasteiger charge is -2.43. The van der Waals surface area contributed by atoms with E-state index in [0.717, 1.165) is 38.2 Å². The molecule has 174 valence electrons. The highest BCUT2D eigenvalue weighted by Gasteiger charge is 2.46. The molecule has 5 N–H and O–H groups in total. The molecule has 4 aromatic rings. The number of pyridine rings is 2. The van der Waals surface area contributed by atoms with E-state index in [-0.39, 0.29) is 23.0 Å². The Balaban J connectivity index is 1.29. The van der Waals surface area contributed by atoms with Crippen LogP contribution in [0.15, 0.2) is 58.7 Å². The van der Waals surface area contributed by atoms with E-state index in [1.165, 1.54) is 29.2 Å². The van der Waals surface area contributed by atoms with Gasteiger partial charge in [0.05, 0.1) is 9.92 Å². The molecule has 1 saturated heterocycles. The molecule has 1 unspecified atom stereocenters. The number of rotatable bonds is 3. The fourth-order valence-electron chi connectivity index (χ4n) is 5.37. The number of piperidine rings is 1. The normalized spacial score (nSPS) is 19.1. The Kier molecular flexibility index (Phi) is 5.09. The third-order valence-electron chi connectivity index (χ3n) is 7.23. The molecule has 1 spiro atoms. The quantitative estimate of drug-likeness (QED) is 0.391. The molecule has 6 rings (SSSR count). The molecular formula is C24H24ClN7OS. The number of fused-ring (bicyclic) bond motifs is 2. The number of nitrogen functional groups attached to an aromatic ring is 1. The van der Waals surface area contributed by atoms with Crippen molar-refractivity contribution < 1.29 is 5.11 Å². The van der Waals surface area contributed by atoms with Crippen LogP contribution in [-0.2, 0) is 6.42 Å². The number of nitrogens with two attached hydrogens (primary N) is 2. The summed E-state index contributed by atoms with van der Waals surface area (Å²) in [5.74, 6) is 1.18. The smallest absolute Gasteiger partial charge is 0.175 e. The highest BCUT2D eigenvalue weighted by Crippen LogP contribution is 2.51. The minimum Gasteiger partial charge on any atom is -0.506 e. The van der Waals surface area contributed by atoms with Gasteiger partial charge in [0, 0.05) is 36.3 Å². The molecule has 2 aliphatic rings. The SMILES string of the molecule is Nc1nccc(Sc2c(O)cc(N3CCC4(CC3)Cc3ccccc3C4N)n3ncnc23)c1Cl. The van der Waals surface area contributed by atoms with E-state index in [4.69, 9.17) is 23.1 Å². The van der Waals surface area contributed by atoms with E-state index in [1.54, 1.807) is 22.8 Å². The molecule has 1 aromatic carbocycles. The standard InChI is InChI=1S/C24H24ClN7OS/c25-19-17(5-8-28-22(19)27)34-20-16(33)11-18(32-23(20)29-13-30-32)31-9-6-24(7-10-31)12-14-3-1-2-4-15(14)21(24)26/h1-5,8,11,13,21,33H,6-7,9-10,12,26H2,(H2,27,28). The van der Waals surface area contributed by atoms with Crippen LogP contribution in [0.1, 0.15) is 30.0 Å². The van der Waals surface area contributed by atoms with Gasteiger partial charge in [0.15, 0.2) is 5.65 Å². The van der Waals surface area contributed by atoms with Gasteiger partial charge in [-0.3, -0.25) is 0 Å². The first-order valence-corrected chi connectivity index (χ1v) is 12.4. The van der Waals surface area contributed by atoms with E-state index in [9.17, 15) is 5.11 Å². The molecule has 0 bridgehead atoms. The van der Waals surface area contributed by atoms with Crippen molar-refractivity contribution in [3.8, 4) is 5.75 Å². The maximum absolute atomic E-state index is 11.0. The van der Waals surface area contributed by atoms with Crippen LogP contribution in [0.3, 0.4) is 0 Å². The fraction of sp³-hybridized carbons (Fsp3) is 0.292. The van der Waals surface area contributed by atoms with E-state index in [0.29, 0.717) is 20.5 Å². The van der Waals surface area contributed by atoms with Crippen molar-refractivity contribution in [2.24, 2.45) is 11.1 Å². The first-order chi connectivity index (χ1) is 16.5. The zero-order valence-electron chi connectivity index (χ0n) is 18.4. The summed E-state index contributed by atoms with van der Waals surface area (Å²) < 4.78 is 1.78. The summed E-state index contributed by atoms with van der Waals surface area (Å²) in [4.78, 5) is 11.9. The Bertz CT molecular complexity index is 1400. The molecule has 4 heterocycles. The predicted octanol–water partition coefficient (Wildman–Crippen LogP) is 4.06. The third kappa shape index (κ3) is 3.30. The van der Waals surface area contributed by atoms with Gasteiger partial charge >= 0.3 is 0 Å². The van der Waals surface area contributed by atoms with Crippen LogP contribution < -0.4 is 16.4 Å². The molecule has 34 heavy (non-hydrogen) atoms. The predicted molar refractivity (Wildman–Crippen MR) is 133 cm³/mol. The van der Waals surface area contributed by atoms with Crippen LogP contribution in [0.2, 0.25) is 5.02 Å². The number of aromatic hydroxyl groups is 1. The molecule has 1 atom stereocenters. The highest BCUT2D eigenvalue weighted by atomic mass is 35.5. The maximum Gasteiger partial charge on any atom is 0.175 e. The molecule has 3 aromatic heterocycles. The second-order valence-electron chi connectivity index (χ2n) is 9.03. The van der Waals surface area contributed by atoms with Gasteiger partial charge in [-0.25, -0.2) is 9.97 Å². The summed E-state index contributed by atoms with van der Waals surface area (Å²) in [6.45, 7) is 1.66. The second-order valence-corrected chi connectivity index (χ2v) is 10.5. The lowest BCUT2D eigenvalue weighted by molar-refractivity contribution is 0.187. The largest absolute Gasteiger partial charge is 0.506 e. The minimum absolute atomic E-state index is 0.0574. The van der Waals surface area contributed by atoms with Gasteiger partial charge in [-0.1, -0.05) is 47.6 Å². The van der Waals surface area contributed by atoms with Gasteiger partial charge in [-0.15, -0.1) is 0 Å². The van der Waals surface area contributed by atoms with Crippen LogP contribution in [0.5, 0.6) is 5.75 Å². The van der Waals surface area contributed by atoms with Crippen LogP contribution >= 0.6 is 23.4 Å².